The Hall–Kier alpha value is -1.97. The lowest BCUT2D eigenvalue weighted by atomic mass is 10.2. The minimum atomic E-state index is -5.47. The Kier molecular flexibility index (Phi) is 5.28. The minimum absolute atomic E-state index is 0.299. The lowest BCUT2D eigenvalue weighted by molar-refractivity contribution is 0.0523. The smallest absolute Gasteiger partial charge is 0.444 e. The molecule has 0 aliphatic carbocycles. The molecule has 0 radical (unpaired) electrons. The van der Waals surface area contributed by atoms with Gasteiger partial charge in [-0.15, -0.1) is 0 Å². The van der Waals surface area contributed by atoms with Gasteiger partial charge in [0, 0.05) is 18.2 Å². The summed E-state index contributed by atoms with van der Waals surface area (Å²) in [4.78, 5) is 11.4. The van der Waals surface area contributed by atoms with E-state index in [-0.39, 0.29) is 5.56 Å². The van der Waals surface area contributed by atoms with Gasteiger partial charge in [0.1, 0.15) is 11.4 Å². The predicted molar refractivity (Wildman–Crippen MR) is 70.1 cm³/mol. The van der Waals surface area contributed by atoms with Crippen molar-refractivity contribution in [2.75, 3.05) is 0 Å². The fourth-order valence-corrected chi connectivity index (χ4v) is 1.70. The third-order valence-electron chi connectivity index (χ3n) is 2.11. The van der Waals surface area contributed by atoms with E-state index in [2.05, 4.69) is 9.50 Å². The summed E-state index contributed by atoms with van der Waals surface area (Å²) in [7, 11) is -5.47. The summed E-state index contributed by atoms with van der Waals surface area (Å²) in [6.45, 7) is 4.45. The molecule has 1 rings (SSSR count). The standard InChI is InChI=1S/C12H14F3NO5S/c1-12(2,3)20-11(17)16-6-7-4-9(14)10(5-8(7)13)21-22(15,18)19/h4-5H,6H2,1-3H3,(H,16,17). The molecule has 0 saturated heterocycles. The Morgan fingerprint density at radius 2 is 1.82 bits per heavy atom. The van der Waals surface area contributed by atoms with Crippen molar-refractivity contribution < 1.29 is 34.8 Å². The molecule has 1 aromatic rings. The molecule has 1 aromatic carbocycles. The molecule has 1 amide bonds. The predicted octanol–water partition coefficient (Wildman–Crippen LogP) is 2.58. The second-order valence-corrected chi connectivity index (χ2v) is 6.16. The SMILES string of the molecule is CC(C)(C)OC(=O)NCc1cc(F)c(OS(=O)(=O)F)cc1F. The summed E-state index contributed by atoms with van der Waals surface area (Å²) in [6, 6.07) is 0.936. The van der Waals surface area contributed by atoms with E-state index in [1.807, 2.05) is 0 Å². The van der Waals surface area contributed by atoms with Crippen LogP contribution < -0.4 is 9.50 Å². The van der Waals surface area contributed by atoms with Gasteiger partial charge < -0.3 is 14.2 Å². The number of carbonyl (C=O) groups excluding carboxylic acids is 1. The molecule has 0 saturated carbocycles. The Labute approximate surface area is 125 Å². The highest BCUT2D eigenvalue weighted by molar-refractivity contribution is 7.81. The monoisotopic (exact) mass is 341 g/mol. The van der Waals surface area contributed by atoms with Crippen LogP contribution in [0.1, 0.15) is 26.3 Å². The van der Waals surface area contributed by atoms with Crippen molar-refractivity contribution in [1.82, 2.24) is 5.32 Å². The van der Waals surface area contributed by atoms with Gasteiger partial charge in [0.05, 0.1) is 0 Å². The van der Waals surface area contributed by atoms with Gasteiger partial charge in [-0.05, 0) is 26.8 Å². The molecule has 0 aliphatic rings. The van der Waals surface area contributed by atoms with Gasteiger partial charge in [-0.3, -0.25) is 0 Å². The molecule has 124 valence electrons. The molecule has 0 fully saturated rings. The van der Waals surface area contributed by atoms with E-state index >= 15 is 0 Å². The molecule has 0 aliphatic heterocycles. The number of hydrogen-bond acceptors (Lipinski definition) is 5. The Morgan fingerprint density at radius 1 is 1.23 bits per heavy atom. The number of benzene rings is 1. The number of halogens is 3. The maximum Gasteiger partial charge on any atom is 0.488 e. The number of nitrogens with one attached hydrogen (secondary N) is 1. The third-order valence-corrected chi connectivity index (χ3v) is 2.49. The van der Waals surface area contributed by atoms with Gasteiger partial charge >= 0.3 is 16.6 Å². The van der Waals surface area contributed by atoms with Crippen LogP contribution >= 0.6 is 0 Å². The van der Waals surface area contributed by atoms with Gasteiger partial charge in [-0.2, -0.15) is 8.42 Å². The van der Waals surface area contributed by atoms with Crippen LogP contribution in [-0.4, -0.2) is 20.1 Å². The first-order valence-corrected chi connectivity index (χ1v) is 7.27. The van der Waals surface area contributed by atoms with E-state index in [1.165, 1.54) is 0 Å². The molecule has 0 bridgehead atoms. The van der Waals surface area contributed by atoms with Crippen LogP contribution in [0.15, 0.2) is 12.1 Å². The molecular weight excluding hydrogens is 327 g/mol. The highest BCUT2D eigenvalue weighted by atomic mass is 32.3. The second kappa shape index (κ2) is 6.42. The zero-order valence-corrected chi connectivity index (χ0v) is 12.8. The lowest BCUT2D eigenvalue weighted by Crippen LogP contribution is -2.32. The Morgan fingerprint density at radius 3 is 2.32 bits per heavy atom. The van der Waals surface area contributed by atoms with E-state index in [4.69, 9.17) is 4.74 Å². The van der Waals surface area contributed by atoms with Crippen molar-refractivity contribution in [3.8, 4) is 5.75 Å². The zero-order chi connectivity index (χ0) is 17.1. The van der Waals surface area contributed by atoms with Gasteiger partial charge in [0.25, 0.3) is 0 Å². The van der Waals surface area contributed by atoms with Crippen molar-refractivity contribution in [2.45, 2.75) is 32.9 Å². The molecule has 6 nitrogen and oxygen atoms in total. The van der Waals surface area contributed by atoms with Gasteiger partial charge in [0.15, 0.2) is 11.6 Å². The average molecular weight is 341 g/mol. The Bertz CT molecular complexity index is 670. The van der Waals surface area contributed by atoms with Crippen LogP contribution in [-0.2, 0) is 21.8 Å². The van der Waals surface area contributed by atoms with Crippen molar-refractivity contribution in [3.05, 3.63) is 29.3 Å². The normalized spacial score (nSPS) is 11.9. The highest BCUT2D eigenvalue weighted by Crippen LogP contribution is 2.23. The second-order valence-electron chi connectivity index (χ2n) is 5.21. The third kappa shape index (κ3) is 6.20. The molecule has 0 unspecified atom stereocenters. The maximum atomic E-state index is 13.6. The van der Waals surface area contributed by atoms with Crippen molar-refractivity contribution in [1.29, 1.82) is 0 Å². The summed E-state index contributed by atoms with van der Waals surface area (Å²) in [5.41, 5.74) is -1.06. The largest absolute Gasteiger partial charge is 0.488 e. The lowest BCUT2D eigenvalue weighted by Gasteiger charge is -2.19. The number of alkyl carbamates (subject to hydrolysis) is 1. The number of hydrogen-bond donors (Lipinski definition) is 1. The highest BCUT2D eigenvalue weighted by Gasteiger charge is 2.19. The van der Waals surface area contributed by atoms with E-state index in [0.29, 0.717) is 12.1 Å². The molecule has 0 spiro atoms. The van der Waals surface area contributed by atoms with Crippen LogP contribution in [0.25, 0.3) is 0 Å². The van der Waals surface area contributed by atoms with Crippen LogP contribution in [0.5, 0.6) is 5.75 Å². The first-order chi connectivity index (χ1) is 9.87. The number of rotatable bonds is 4. The molecule has 10 heteroatoms. The van der Waals surface area contributed by atoms with Crippen molar-refractivity contribution in [2.24, 2.45) is 0 Å². The molecule has 0 atom stereocenters. The molecule has 1 N–H and O–H groups in total. The first kappa shape index (κ1) is 18.1. The summed E-state index contributed by atoms with van der Waals surface area (Å²) in [6.07, 6.45) is -0.848. The quantitative estimate of drug-likeness (QED) is 0.851. The molecule has 0 heterocycles. The van der Waals surface area contributed by atoms with Crippen LogP contribution in [0.2, 0.25) is 0 Å². The number of carbonyl (C=O) groups is 1. The van der Waals surface area contributed by atoms with E-state index in [1.54, 1.807) is 20.8 Å². The van der Waals surface area contributed by atoms with Crippen molar-refractivity contribution >= 4 is 16.6 Å². The summed E-state index contributed by atoms with van der Waals surface area (Å²) in [5, 5.41) is 2.19. The van der Waals surface area contributed by atoms with E-state index in [0.717, 1.165) is 0 Å². The van der Waals surface area contributed by atoms with Crippen LogP contribution in [0.4, 0.5) is 17.5 Å². The fourth-order valence-electron chi connectivity index (χ4n) is 1.36. The molecule has 0 aromatic heterocycles. The van der Waals surface area contributed by atoms with E-state index in [9.17, 15) is 25.9 Å². The van der Waals surface area contributed by atoms with Crippen LogP contribution in [0, 0.1) is 11.6 Å². The van der Waals surface area contributed by atoms with E-state index < -0.39 is 46.1 Å². The van der Waals surface area contributed by atoms with Gasteiger partial charge in [0.2, 0.25) is 0 Å². The number of ether oxygens (including phenoxy) is 1. The molecule has 22 heavy (non-hydrogen) atoms. The molecular formula is C12H14F3NO5S. The van der Waals surface area contributed by atoms with Gasteiger partial charge in [-0.1, -0.05) is 3.89 Å². The fraction of sp³-hybridized carbons (Fsp3) is 0.417. The maximum absolute atomic E-state index is 13.6. The summed E-state index contributed by atoms with van der Waals surface area (Å²) < 4.78 is 68.4. The number of amides is 1. The van der Waals surface area contributed by atoms with Crippen LogP contribution in [0.3, 0.4) is 0 Å². The first-order valence-electron chi connectivity index (χ1n) is 5.96. The van der Waals surface area contributed by atoms with Crippen molar-refractivity contribution in [3.63, 3.8) is 0 Å². The summed E-state index contributed by atoms with van der Waals surface area (Å²) in [5.74, 6) is -3.51. The summed E-state index contributed by atoms with van der Waals surface area (Å²) >= 11 is 0. The zero-order valence-electron chi connectivity index (χ0n) is 11.9. The topological polar surface area (TPSA) is 81.7 Å². The minimum Gasteiger partial charge on any atom is -0.444 e. The van der Waals surface area contributed by atoms with Gasteiger partial charge in [-0.25, -0.2) is 13.6 Å². The average Bonchev–Trinajstić information content (AvgIpc) is 2.27. The Balaban J connectivity index is 2.82.